The zero-order valence-corrected chi connectivity index (χ0v) is 24.0. The number of fused-ring (bicyclic) bond motifs is 1. The molecule has 2 aromatic carbocycles. The summed E-state index contributed by atoms with van der Waals surface area (Å²) in [6.45, 7) is 5.49. The molecule has 3 N–H and O–H groups in total. The van der Waals surface area contributed by atoms with Crippen LogP contribution in [0.25, 0.3) is 0 Å². The quantitative estimate of drug-likeness (QED) is 0.220. The van der Waals surface area contributed by atoms with E-state index < -0.39 is 12.0 Å². The molecule has 2 heterocycles. The normalized spacial score (nSPS) is 13.2. The Morgan fingerprint density at radius 3 is 2.61 bits per heavy atom. The third kappa shape index (κ3) is 10.2. The SMILES string of the molecule is Cc1ccc(CC(=O)NC(CCN(CCCCc2ccc3c(n2)NCCC3)CCOc2ccccc2)C(=O)O)cc1. The van der Waals surface area contributed by atoms with Crippen molar-refractivity contribution in [3.8, 4) is 5.75 Å². The minimum Gasteiger partial charge on any atom is -0.492 e. The Hall–Kier alpha value is -3.91. The van der Waals surface area contributed by atoms with Crippen LogP contribution in [-0.2, 0) is 28.9 Å². The first kappa shape index (κ1) is 30.1. The summed E-state index contributed by atoms with van der Waals surface area (Å²) in [6, 6.07) is 20.8. The van der Waals surface area contributed by atoms with E-state index in [0.29, 0.717) is 26.1 Å². The lowest BCUT2D eigenvalue weighted by molar-refractivity contribution is -0.142. The number of amides is 1. The number of benzene rings is 2. The number of anilines is 1. The smallest absolute Gasteiger partial charge is 0.326 e. The van der Waals surface area contributed by atoms with E-state index in [-0.39, 0.29) is 12.3 Å². The molecule has 8 heteroatoms. The molecule has 0 fully saturated rings. The lowest BCUT2D eigenvalue weighted by atomic mass is 10.1. The van der Waals surface area contributed by atoms with Crippen molar-refractivity contribution in [2.45, 2.75) is 57.9 Å². The van der Waals surface area contributed by atoms with Crippen LogP contribution in [0, 0.1) is 6.92 Å². The zero-order valence-electron chi connectivity index (χ0n) is 24.0. The van der Waals surface area contributed by atoms with E-state index in [2.05, 4.69) is 27.7 Å². The predicted octanol–water partition coefficient (Wildman–Crippen LogP) is 4.65. The number of pyridine rings is 1. The number of ether oxygens (including phenoxy) is 1. The van der Waals surface area contributed by atoms with Gasteiger partial charge < -0.3 is 20.5 Å². The molecule has 0 radical (unpaired) electrons. The number of aliphatic carboxylic acids is 1. The largest absolute Gasteiger partial charge is 0.492 e. The van der Waals surface area contributed by atoms with Crippen LogP contribution in [0.3, 0.4) is 0 Å². The Kier molecular flexibility index (Phi) is 11.6. The molecule has 41 heavy (non-hydrogen) atoms. The van der Waals surface area contributed by atoms with Crippen molar-refractivity contribution in [1.29, 1.82) is 0 Å². The molecular formula is C33H42N4O4. The van der Waals surface area contributed by atoms with E-state index in [9.17, 15) is 14.7 Å². The third-order valence-electron chi connectivity index (χ3n) is 7.38. The van der Waals surface area contributed by atoms with Crippen molar-refractivity contribution in [2.75, 3.05) is 38.1 Å². The van der Waals surface area contributed by atoms with Crippen molar-refractivity contribution in [1.82, 2.24) is 15.2 Å². The van der Waals surface area contributed by atoms with Crippen LogP contribution in [0.5, 0.6) is 5.75 Å². The molecule has 1 amide bonds. The van der Waals surface area contributed by atoms with Crippen LogP contribution in [0.1, 0.15) is 48.1 Å². The van der Waals surface area contributed by atoms with Gasteiger partial charge in [-0.25, -0.2) is 9.78 Å². The molecule has 218 valence electrons. The van der Waals surface area contributed by atoms with Crippen molar-refractivity contribution in [3.05, 3.63) is 89.1 Å². The lowest BCUT2D eigenvalue weighted by Crippen LogP contribution is -2.44. The molecule has 3 aromatic rings. The number of carbonyl (C=O) groups excluding carboxylic acids is 1. The summed E-state index contributed by atoms with van der Waals surface area (Å²) in [5, 5.41) is 15.9. The number of carboxylic acid groups (broad SMARTS) is 1. The van der Waals surface area contributed by atoms with Gasteiger partial charge in [-0.2, -0.15) is 0 Å². The van der Waals surface area contributed by atoms with Gasteiger partial charge in [0.2, 0.25) is 5.91 Å². The average Bonchev–Trinajstić information content (AvgIpc) is 2.98. The summed E-state index contributed by atoms with van der Waals surface area (Å²) in [4.78, 5) is 31.6. The summed E-state index contributed by atoms with van der Waals surface area (Å²) in [5.41, 5.74) is 4.37. The summed E-state index contributed by atoms with van der Waals surface area (Å²) >= 11 is 0. The van der Waals surface area contributed by atoms with Gasteiger partial charge in [-0.15, -0.1) is 0 Å². The average molecular weight is 559 g/mol. The Balaban J connectivity index is 1.28. The maximum absolute atomic E-state index is 12.6. The minimum atomic E-state index is -1.02. The van der Waals surface area contributed by atoms with E-state index >= 15 is 0 Å². The van der Waals surface area contributed by atoms with Crippen LogP contribution in [0.2, 0.25) is 0 Å². The second-order valence-electron chi connectivity index (χ2n) is 10.7. The monoisotopic (exact) mass is 558 g/mol. The van der Waals surface area contributed by atoms with Crippen molar-refractivity contribution < 1.29 is 19.4 Å². The second-order valence-corrected chi connectivity index (χ2v) is 10.7. The Morgan fingerprint density at radius 2 is 1.83 bits per heavy atom. The van der Waals surface area contributed by atoms with Gasteiger partial charge in [-0.05, 0) is 81.3 Å². The summed E-state index contributed by atoms with van der Waals surface area (Å²) in [7, 11) is 0. The molecule has 1 aliphatic heterocycles. The van der Waals surface area contributed by atoms with Crippen LogP contribution < -0.4 is 15.4 Å². The van der Waals surface area contributed by atoms with E-state index in [1.54, 1.807) is 0 Å². The van der Waals surface area contributed by atoms with E-state index in [1.165, 1.54) is 5.56 Å². The van der Waals surface area contributed by atoms with Crippen molar-refractivity contribution >= 4 is 17.7 Å². The highest BCUT2D eigenvalue weighted by atomic mass is 16.5. The molecule has 0 saturated carbocycles. The standard InChI is InChI=1S/C33H42N4O4/c1-25-12-14-26(15-13-25)24-31(38)36-30(33(39)40)18-21-37(22-23-41-29-10-3-2-4-11-29)20-6-5-9-28-17-16-27-8-7-19-34-32(27)35-28/h2-4,10-17,30H,5-9,18-24H2,1H3,(H,34,35)(H,36,38)(H,39,40). The van der Waals surface area contributed by atoms with Gasteiger partial charge in [0.25, 0.3) is 0 Å². The highest BCUT2D eigenvalue weighted by Gasteiger charge is 2.21. The molecule has 4 rings (SSSR count). The molecular weight excluding hydrogens is 516 g/mol. The fraction of sp³-hybridized carbons (Fsp3) is 0.424. The third-order valence-corrected chi connectivity index (χ3v) is 7.38. The number of aryl methyl sites for hydroxylation is 3. The number of unbranched alkanes of at least 4 members (excludes halogenated alkanes) is 1. The molecule has 1 atom stereocenters. The lowest BCUT2D eigenvalue weighted by Gasteiger charge is -2.24. The minimum absolute atomic E-state index is 0.158. The van der Waals surface area contributed by atoms with Crippen molar-refractivity contribution in [3.63, 3.8) is 0 Å². The van der Waals surface area contributed by atoms with E-state index in [1.807, 2.05) is 61.5 Å². The molecule has 1 unspecified atom stereocenters. The van der Waals surface area contributed by atoms with Crippen LogP contribution in [0.15, 0.2) is 66.7 Å². The van der Waals surface area contributed by atoms with E-state index in [4.69, 9.17) is 9.72 Å². The first-order chi connectivity index (χ1) is 20.0. The molecule has 8 nitrogen and oxygen atoms in total. The molecule has 0 bridgehead atoms. The number of aromatic nitrogens is 1. The molecule has 0 spiro atoms. The molecule has 0 aliphatic carbocycles. The van der Waals surface area contributed by atoms with Crippen molar-refractivity contribution in [2.24, 2.45) is 0 Å². The topological polar surface area (TPSA) is 104 Å². The maximum Gasteiger partial charge on any atom is 0.326 e. The Morgan fingerprint density at radius 1 is 1.02 bits per heavy atom. The first-order valence-electron chi connectivity index (χ1n) is 14.7. The number of hydrogen-bond donors (Lipinski definition) is 3. The predicted molar refractivity (Wildman–Crippen MR) is 161 cm³/mol. The van der Waals surface area contributed by atoms with Gasteiger partial charge >= 0.3 is 5.97 Å². The van der Waals surface area contributed by atoms with Crippen LogP contribution in [-0.4, -0.2) is 65.7 Å². The van der Waals surface area contributed by atoms with Gasteiger partial charge in [0.15, 0.2) is 0 Å². The highest BCUT2D eigenvalue weighted by Crippen LogP contribution is 2.20. The zero-order chi connectivity index (χ0) is 28.9. The summed E-state index contributed by atoms with van der Waals surface area (Å²) in [6.07, 6.45) is 5.54. The first-order valence-corrected chi connectivity index (χ1v) is 14.7. The number of nitrogens with one attached hydrogen (secondary N) is 2. The summed E-state index contributed by atoms with van der Waals surface area (Å²) < 4.78 is 5.91. The summed E-state index contributed by atoms with van der Waals surface area (Å²) in [5.74, 6) is 0.533. The maximum atomic E-state index is 12.6. The van der Waals surface area contributed by atoms with Gasteiger partial charge in [-0.3, -0.25) is 9.69 Å². The number of nitrogens with zero attached hydrogens (tertiary/aromatic N) is 2. The number of hydrogen-bond acceptors (Lipinski definition) is 6. The van der Waals surface area contributed by atoms with E-state index in [0.717, 1.165) is 73.6 Å². The van der Waals surface area contributed by atoms with Gasteiger partial charge in [0.05, 0.1) is 6.42 Å². The molecule has 1 aromatic heterocycles. The fourth-order valence-electron chi connectivity index (χ4n) is 5.00. The highest BCUT2D eigenvalue weighted by molar-refractivity contribution is 5.84. The molecule has 0 saturated heterocycles. The number of carbonyl (C=O) groups is 2. The Labute approximate surface area is 243 Å². The fourth-order valence-corrected chi connectivity index (χ4v) is 5.00. The number of carboxylic acids is 1. The van der Waals surface area contributed by atoms with Gasteiger partial charge in [0, 0.05) is 25.3 Å². The molecule has 1 aliphatic rings. The van der Waals surface area contributed by atoms with Crippen LogP contribution >= 0.6 is 0 Å². The second kappa shape index (κ2) is 15.8. The van der Waals surface area contributed by atoms with Gasteiger partial charge in [0.1, 0.15) is 24.2 Å². The van der Waals surface area contributed by atoms with Crippen LogP contribution in [0.4, 0.5) is 5.82 Å². The number of rotatable bonds is 16. The number of para-hydroxylation sites is 1. The van der Waals surface area contributed by atoms with Gasteiger partial charge in [-0.1, -0.05) is 54.1 Å². The Bertz CT molecular complexity index is 1250.